The number of rotatable bonds is 6. The Hall–Kier alpha value is 0.140. The summed E-state index contributed by atoms with van der Waals surface area (Å²) in [6.07, 6.45) is 6.94. The molecule has 1 N–H and O–H groups in total. The predicted octanol–water partition coefficient (Wildman–Crippen LogP) is 4.47. The van der Waals surface area contributed by atoms with Gasteiger partial charge in [0.05, 0.1) is 3.79 Å². The Morgan fingerprint density at radius 1 is 1.39 bits per heavy atom. The van der Waals surface area contributed by atoms with Crippen molar-refractivity contribution < 1.29 is 0 Å². The summed E-state index contributed by atoms with van der Waals surface area (Å²) in [6, 6.07) is 5.20. The zero-order valence-corrected chi connectivity index (χ0v) is 13.4. The zero-order chi connectivity index (χ0) is 12.5. The molecular weight excluding hydrogens is 306 g/mol. The van der Waals surface area contributed by atoms with Gasteiger partial charge >= 0.3 is 0 Å². The van der Waals surface area contributed by atoms with Crippen molar-refractivity contribution in [2.45, 2.75) is 45.1 Å². The van der Waals surface area contributed by atoms with Crippen LogP contribution < -0.4 is 5.32 Å². The highest BCUT2D eigenvalue weighted by Crippen LogP contribution is 2.59. The molecule has 3 unspecified atom stereocenters. The number of nitrogens with one attached hydrogen (secondary N) is 1. The van der Waals surface area contributed by atoms with Crippen LogP contribution in [-0.2, 0) is 6.42 Å². The van der Waals surface area contributed by atoms with Crippen LogP contribution in [0.1, 0.15) is 37.5 Å². The third-order valence-corrected chi connectivity index (χ3v) is 6.29. The molecule has 2 aliphatic carbocycles. The molecule has 3 rings (SSSR count). The predicted molar refractivity (Wildman–Crippen MR) is 82.1 cm³/mol. The second-order valence-corrected chi connectivity index (χ2v) is 8.35. The van der Waals surface area contributed by atoms with E-state index in [-0.39, 0.29) is 0 Å². The monoisotopic (exact) mass is 327 g/mol. The van der Waals surface area contributed by atoms with E-state index in [0.717, 1.165) is 23.8 Å². The van der Waals surface area contributed by atoms with E-state index < -0.39 is 0 Å². The van der Waals surface area contributed by atoms with Crippen LogP contribution in [0.5, 0.6) is 0 Å². The van der Waals surface area contributed by atoms with Gasteiger partial charge in [0.25, 0.3) is 0 Å². The van der Waals surface area contributed by atoms with Gasteiger partial charge < -0.3 is 5.32 Å². The van der Waals surface area contributed by atoms with Crippen LogP contribution in [0, 0.1) is 17.8 Å². The van der Waals surface area contributed by atoms with Gasteiger partial charge in [-0.05, 0) is 78.0 Å². The van der Waals surface area contributed by atoms with Crippen LogP contribution in [0.25, 0.3) is 0 Å². The molecule has 1 nitrogen and oxygen atoms in total. The smallest absolute Gasteiger partial charge is 0.0701 e. The lowest BCUT2D eigenvalue weighted by Crippen LogP contribution is -2.35. The molecule has 0 spiro atoms. The zero-order valence-electron chi connectivity index (χ0n) is 11.0. The third-order valence-electron chi connectivity index (χ3n) is 4.64. The Balaban J connectivity index is 1.62. The molecule has 18 heavy (non-hydrogen) atoms. The summed E-state index contributed by atoms with van der Waals surface area (Å²) in [4.78, 5) is 1.53. The first-order valence-electron chi connectivity index (χ1n) is 7.27. The first-order valence-corrected chi connectivity index (χ1v) is 8.88. The van der Waals surface area contributed by atoms with Gasteiger partial charge in [0.1, 0.15) is 0 Å². The second kappa shape index (κ2) is 5.64. The maximum Gasteiger partial charge on any atom is 0.0701 e. The molecule has 3 heteroatoms. The molecule has 1 aromatic heterocycles. The van der Waals surface area contributed by atoms with Gasteiger partial charge in [-0.3, -0.25) is 0 Å². The summed E-state index contributed by atoms with van der Waals surface area (Å²) in [6.45, 7) is 3.44. The lowest BCUT2D eigenvalue weighted by atomic mass is 10.0. The van der Waals surface area contributed by atoms with Crippen molar-refractivity contribution in [2.75, 3.05) is 6.54 Å². The van der Waals surface area contributed by atoms with E-state index in [0.29, 0.717) is 0 Å². The minimum absolute atomic E-state index is 0.728. The summed E-state index contributed by atoms with van der Waals surface area (Å²) in [7, 11) is 0. The van der Waals surface area contributed by atoms with Gasteiger partial charge in [-0.25, -0.2) is 0 Å². The SMILES string of the molecule is CCCNC(Cc1ccc(Br)s1)C1C2CCCC21. The summed E-state index contributed by atoms with van der Waals surface area (Å²) in [5.41, 5.74) is 0. The van der Waals surface area contributed by atoms with E-state index in [1.54, 1.807) is 0 Å². The van der Waals surface area contributed by atoms with Crippen molar-refractivity contribution in [3.63, 3.8) is 0 Å². The quantitative estimate of drug-likeness (QED) is 0.812. The van der Waals surface area contributed by atoms with Crippen molar-refractivity contribution in [1.82, 2.24) is 5.32 Å². The van der Waals surface area contributed by atoms with Gasteiger partial charge in [0, 0.05) is 10.9 Å². The van der Waals surface area contributed by atoms with Crippen molar-refractivity contribution in [2.24, 2.45) is 17.8 Å². The van der Waals surface area contributed by atoms with Gasteiger partial charge in [0.2, 0.25) is 0 Å². The maximum atomic E-state index is 3.81. The van der Waals surface area contributed by atoms with Gasteiger partial charge in [-0.1, -0.05) is 13.3 Å². The number of hydrogen-bond donors (Lipinski definition) is 1. The summed E-state index contributed by atoms with van der Waals surface area (Å²) in [5.74, 6) is 3.09. The van der Waals surface area contributed by atoms with Crippen LogP contribution in [0.15, 0.2) is 15.9 Å². The molecule has 2 fully saturated rings. The molecule has 0 amide bonds. The first-order chi connectivity index (χ1) is 8.79. The summed E-state index contributed by atoms with van der Waals surface area (Å²) >= 11 is 5.47. The Morgan fingerprint density at radius 2 is 2.17 bits per heavy atom. The second-order valence-electron chi connectivity index (χ2n) is 5.81. The molecule has 3 atom stereocenters. The lowest BCUT2D eigenvalue weighted by Gasteiger charge is -2.19. The van der Waals surface area contributed by atoms with Crippen molar-refractivity contribution in [1.29, 1.82) is 0 Å². The molecule has 0 aromatic carbocycles. The minimum Gasteiger partial charge on any atom is -0.313 e. The number of thiophene rings is 1. The number of hydrogen-bond acceptors (Lipinski definition) is 2. The standard InChI is InChI=1S/C15H22BrNS/c1-2-8-17-13(9-10-6-7-14(16)18-10)15-11-4-3-5-12(11)15/h6-7,11-13,15,17H,2-5,8-9H2,1H3. The maximum absolute atomic E-state index is 3.81. The molecule has 1 heterocycles. The van der Waals surface area contributed by atoms with Crippen LogP contribution in [0.4, 0.5) is 0 Å². The Labute approximate surface area is 122 Å². The van der Waals surface area contributed by atoms with E-state index in [1.165, 1.54) is 47.3 Å². The van der Waals surface area contributed by atoms with Gasteiger partial charge in [0.15, 0.2) is 0 Å². The van der Waals surface area contributed by atoms with Crippen LogP contribution >= 0.6 is 27.3 Å². The third kappa shape index (κ3) is 2.68. The highest BCUT2D eigenvalue weighted by atomic mass is 79.9. The fraction of sp³-hybridized carbons (Fsp3) is 0.733. The number of halogens is 1. The summed E-state index contributed by atoms with van der Waals surface area (Å²) < 4.78 is 1.27. The highest BCUT2D eigenvalue weighted by Gasteiger charge is 2.55. The summed E-state index contributed by atoms with van der Waals surface area (Å²) in [5, 5.41) is 3.81. The molecule has 1 aromatic rings. The Bertz CT molecular complexity index is 393. The van der Waals surface area contributed by atoms with E-state index in [9.17, 15) is 0 Å². The van der Waals surface area contributed by atoms with Crippen LogP contribution in [-0.4, -0.2) is 12.6 Å². The van der Waals surface area contributed by atoms with Crippen LogP contribution in [0.2, 0.25) is 0 Å². The van der Waals surface area contributed by atoms with Gasteiger partial charge in [-0.2, -0.15) is 0 Å². The normalized spacial score (nSPS) is 31.3. The molecule has 100 valence electrons. The van der Waals surface area contributed by atoms with E-state index in [4.69, 9.17) is 0 Å². The fourth-order valence-corrected chi connectivity index (χ4v) is 5.37. The van der Waals surface area contributed by atoms with Crippen molar-refractivity contribution >= 4 is 27.3 Å². The number of fused-ring (bicyclic) bond motifs is 1. The van der Waals surface area contributed by atoms with Crippen molar-refractivity contribution in [3.8, 4) is 0 Å². The molecular formula is C15H22BrNS. The molecule has 0 radical (unpaired) electrons. The van der Waals surface area contributed by atoms with E-state index in [1.807, 2.05) is 11.3 Å². The molecule has 0 aliphatic heterocycles. The van der Waals surface area contributed by atoms with Gasteiger partial charge in [-0.15, -0.1) is 11.3 Å². The molecule has 2 aliphatic rings. The van der Waals surface area contributed by atoms with E-state index >= 15 is 0 Å². The Kier molecular flexibility index (Phi) is 4.12. The van der Waals surface area contributed by atoms with Crippen molar-refractivity contribution in [3.05, 3.63) is 20.8 Å². The Morgan fingerprint density at radius 3 is 2.78 bits per heavy atom. The van der Waals surface area contributed by atoms with E-state index in [2.05, 4.69) is 40.3 Å². The minimum atomic E-state index is 0.728. The lowest BCUT2D eigenvalue weighted by molar-refractivity contribution is 0.405. The highest BCUT2D eigenvalue weighted by molar-refractivity contribution is 9.11. The first kappa shape index (κ1) is 13.1. The fourth-order valence-electron chi connectivity index (χ4n) is 3.83. The molecule has 0 bridgehead atoms. The topological polar surface area (TPSA) is 12.0 Å². The molecule has 0 saturated heterocycles. The molecule has 2 saturated carbocycles. The average Bonchev–Trinajstić information content (AvgIpc) is 2.74. The average molecular weight is 328 g/mol. The largest absolute Gasteiger partial charge is 0.313 e. The van der Waals surface area contributed by atoms with Crippen LogP contribution in [0.3, 0.4) is 0 Å².